The van der Waals surface area contributed by atoms with Crippen molar-refractivity contribution >= 4 is 11.0 Å². The molecular formula is C18H22FN5. The average Bonchev–Trinajstić information content (AvgIpc) is 3.26. The Morgan fingerprint density at radius 2 is 2.21 bits per heavy atom. The van der Waals surface area contributed by atoms with E-state index in [9.17, 15) is 4.39 Å². The van der Waals surface area contributed by atoms with Gasteiger partial charge in [-0.2, -0.15) is 5.10 Å². The molecule has 0 saturated carbocycles. The number of aryl methyl sites for hydroxylation is 2. The third-order valence-corrected chi connectivity index (χ3v) is 4.94. The second-order valence-electron chi connectivity index (χ2n) is 6.46. The molecule has 24 heavy (non-hydrogen) atoms. The first-order valence-electron chi connectivity index (χ1n) is 8.53. The summed E-state index contributed by atoms with van der Waals surface area (Å²) < 4.78 is 18.0. The Labute approximate surface area is 140 Å². The first-order chi connectivity index (χ1) is 11.7. The van der Waals surface area contributed by atoms with Gasteiger partial charge in [0.15, 0.2) is 5.82 Å². The van der Waals surface area contributed by atoms with Crippen LogP contribution in [0.2, 0.25) is 0 Å². The van der Waals surface area contributed by atoms with E-state index in [-0.39, 0.29) is 5.82 Å². The van der Waals surface area contributed by atoms with Gasteiger partial charge in [0, 0.05) is 31.4 Å². The van der Waals surface area contributed by atoms with E-state index in [1.54, 1.807) is 6.07 Å². The van der Waals surface area contributed by atoms with Crippen LogP contribution < -0.4 is 0 Å². The van der Waals surface area contributed by atoms with Gasteiger partial charge in [-0.15, -0.1) is 0 Å². The van der Waals surface area contributed by atoms with Gasteiger partial charge < -0.3 is 4.57 Å². The second kappa shape index (κ2) is 6.02. The molecule has 0 unspecified atom stereocenters. The predicted octanol–water partition coefficient (Wildman–Crippen LogP) is 3.27. The van der Waals surface area contributed by atoms with E-state index < -0.39 is 0 Å². The number of para-hydroxylation sites is 1. The fourth-order valence-electron chi connectivity index (χ4n) is 3.82. The molecule has 6 heteroatoms. The lowest BCUT2D eigenvalue weighted by atomic mass is 10.1. The summed E-state index contributed by atoms with van der Waals surface area (Å²) in [6, 6.07) is 5.55. The Kier molecular flexibility index (Phi) is 3.84. The Hall–Kier alpha value is -2.21. The fourth-order valence-corrected chi connectivity index (χ4v) is 3.82. The molecule has 0 amide bonds. The molecule has 1 fully saturated rings. The molecule has 0 spiro atoms. The number of hydrogen-bond donors (Lipinski definition) is 0. The van der Waals surface area contributed by atoms with Crippen molar-refractivity contribution in [3.05, 3.63) is 47.8 Å². The summed E-state index contributed by atoms with van der Waals surface area (Å²) in [5.74, 6) is 0.694. The van der Waals surface area contributed by atoms with Gasteiger partial charge in [0.2, 0.25) is 0 Å². The minimum Gasteiger partial charge on any atom is -0.327 e. The molecule has 1 aromatic carbocycles. The van der Waals surface area contributed by atoms with E-state index in [2.05, 4.69) is 32.7 Å². The van der Waals surface area contributed by atoms with Crippen molar-refractivity contribution in [1.29, 1.82) is 0 Å². The van der Waals surface area contributed by atoms with Crippen LogP contribution in [-0.2, 0) is 20.1 Å². The predicted molar refractivity (Wildman–Crippen MR) is 91.0 cm³/mol. The molecule has 5 nitrogen and oxygen atoms in total. The number of rotatable bonds is 4. The molecule has 1 saturated heterocycles. The summed E-state index contributed by atoms with van der Waals surface area (Å²) in [5.41, 5.74) is 2.61. The topological polar surface area (TPSA) is 38.9 Å². The largest absolute Gasteiger partial charge is 0.327 e. The van der Waals surface area contributed by atoms with Gasteiger partial charge in [-0.1, -0.05) is 6.07 Å². The van der Waals surface area contributed by atoms with Crippen molar-refractivity contribution in [2.75, 3.05) is 6.54 Å². The lowest BCUT2D eigenvalue weighted by molar-refractivity contribution is 0.239. The first-order valence-corrected chi connectivity index (χ1v) is 8.53. The maximum Gasteiger partial charge on any atom is 0.151 e. The molecule has 1 atom stereocenters. The van der Waals surface area contributed by atoms with Gasteiger partial charge >= 0.3 is 0 Å². The van der Waals surface area contributed by atoms with Crippen LogP contribution in [0.3, 0.4) is 0 Å². The molecule has 0 bridgehead atoms. The number of likely N-dealkylation sites (tertiary alicyclic amines) is 1. The SMILES string of the molecule is CCn1c(CN2CCC[C@@H]2c2cnn(C)c2)nc2c(F)cccc21. The summed E-state index contributed by atoms with van der Waals surface area (Å²) >= 11 is 0. The van der Waals surface area contributed by atoms with Crippen LogP contribution >= 0.6 is 0 Å². The van der Waals surface area contributed by atoms with Crippen molar-refractivity contribution in [1.82, 2.24) is 24.2 Å². The number of aromatic nitrogens is 4. The number of benzene rings is 1. The molecule has 4 rings (SSSR count). The van der Waals surface area contributed by atoms with Crippen molar-refractivity contribution < 1.29 is 4.39 Å². The smallest absolute Gasteiger partial charge is 0.151 e. The zero-order valence-corrected chi connectivity index (χ0v) is 14.1. The van der Waals surface area contributed by atoms with E-state index in [0.717, 1.165) is 37.4 Å². The Bertz CT molecular complexity index is 866. The standard InChI is InChI=1S/C18H22FN5/c1-3-24-16-7-4-6-14(19)18(16)21-17(24)12-23-9-5-8-15(23)13-10-20-22(2)11-13/h4,6-7,10-11,15H,3,5,8-9,12H2,1-2H3/t15-/m1/s1. The lowest BCUT2D eigenvalue weighted by Gasteiger charge is -2.23. The van der Waals surface area contributed by atoms with Crippen LogP contribution in [-0.4, -0.2) is 30.8 Å². The molecular weight excluding hydrogens is 305 g/mol. The van der Waals surface area contributed by atoms with Crippen molar-refractivity contribution in [2.24, 2.45) is 7.05 Å². The highest BCUT2D eigenvalue weighted by Gasteiger charge is 2.28. The zero-order chi connectivity index (χ0) is 16.7. The summed E-state index contributed by atoms with van der Waals surface area (Å²) in [6.45, 7) is 4.65. The van der Waals surface area contributed by atoms with Gasteiger partial charge in [-0.05, 0) is 38.4 Å². The Morgan fingerprint density at radius 3 is 2.96 bits per heavy atom. The zero-order valence-electron chi connectivity index (χ0n) is 14.1. The number of nitrogens with zero attached hydrogens (tertiary/aromatic N) is 5. The summed E-state index contributed by atoms with van der Waals surface area (Å²) in [5, 5.41) is 4.30. The number of hydrogen-bond acceptors (Lipinski definition) is 3. The van der Waals surface area contributed by atoms with Crippen LogP contribution in [0.4, 0.5) is 4.39 Å². The maximum absolute atomic E-state index is 14.1. The summed E-state index contributed by atoms with van der Waals surface area (Å²) in [4.78, 5) is 7.04. The average molecular weight is 327 g/mol. The normalized spacial score (nSPS) is 18.7. The third-order valence-electron chi connectivity index (χ3n) is 4.94. The number of halogens is 1. The van der Waals surface area contributed by atoms with E-state index in [1.807, 2.05) is 24.0 Å². The van der Waals surface area contributed by atoms with E-state index >= 15 is 0 Å². The molecule has 3 aromatic rings. The summed E-state index contributed by atoms with van der Waals surface area (Å²) in [6.07, 6.45) is 6.34. The highest BCUT2D eigenvalue weighted by Crippen LogP contribution is 2.33. The van der Waals surface area contributed by atoms with Gasteiger partial charge in [0.25, 0.3) is 0 Å². The molecule has 1 aliphatic heterocycles. The van der Waals surface area contributed by atoms with Crippen molar-refractivity contribution in [3.8, 4) is 0 Å². The number of fused-ring (bicyclic) bond motifs is 1. The van der Waals surface area contributed by atoms with Crippen molar-refractivity contribution in [2.45, 2.75) is 38.9 Å². The van der Waals surface area contributed by atoms with E-state index in [4.69, 9.17) is 0 Å². The van der Waals surface area contributed by atoms with E-state index in [1.165, 1.54) is 18.1 Å². The highest BCUT2D eigenvalue weighted by atomic mass is 19.1. The molecule has 0 radical (unpaired) electrons. The molecule has 2 aromatic heterocycles. The monoisotopic (exact) mass is 327 g/mol. The fraction of sp³-hybridized carbons (Fsp3) is 0.444. The summed E-state index contributed by atoms with van der Waals surface area (Å²) in [7, 11) is 1.95. The quantitative estimate of drug-likeness (QED) is 0.738. The molecule has 0 N–H and O–H groups in total. The molecule has 3 heterocycles. The minimum absolute atomic E-state index is 0.244. The highest BCUT2D eigenvalue weighted by molar-refractivity contribution is 5.76. The van der Waals surface area contributed by atoms with Crippen LogP contribution in [0.15, 0.2) is 30.6 Å². The van der Waals surface area contributed by atoms with Crippen LogP contribution in [0.25, 0.3) is 11.0 Å². The Morgan fingerprint density at radius 1 is 1.33 bits per heavy atom. The third kappa shape index (κ3) is 2.51. The minimum atomic E-state index is -0.244. The Balaban J connectivity index is 1.67. The second-order valence-corrected chi connectivity index (χ2v) is 6.46. The van der Waals surface area contributed by atoms with Crippen LogP contribution in [0.5, 0.6) is 0 Å². The number of imidazole rings is 1. The van der Waals surface area contributed by atoms with Gasteiger partial charge in [-0.3, -0.25) is 9.58 Å². The van der Waals surface area contributed by atoms with Crippen LogP contribution in [0.1, 0.15) is 37.2 Å². The van der Waals surface area contributed by atoms with Gasteiger partial charge in [-0.25, -0.2) is 9.37 Å². The first kappa shape index (κ1) is 15.3. The van der Waals surface area contributed by atoms with Gasteiger partial charge in [0.1, 0.15) is 11.3 Å². The van der Waals surface area contributed by atoms with Crippen molar-refractivity contribution in [3.63, 3.8) is 0 Å². The molecule has 1 aliphatic rings. The molecule has 126 valence electrons. The maximum atomic E-state index is 14.1. The lowest BCUT2D eigenvalue weighted by Crippen LogP contribution is -2.24. The van der Waals surface area contributed by atoms with E-state index in [0.29, 0.717) is 11.6 Å². The van der Waals surface area contributed by atoms with Crippen LogP contribution in [0, 0.1) is 5.82 Å². The molecule has 0 aliphatic carbocycles. The van der Waals surface area contributed by atoms with Gasteiger partial charge in [0.05, 0.1) is 18.3 Å².